The number of aldehydes is 1. The molecule has 9 nitrogen and oxygen atoms in total. The number of halogens is 1. The van der Waals surface area contributed by atoms with E-state index in [2.05, 4.69) is 10.3 Å². The minimum absolute atomic E-state index is 0. The third-order valence-electron chi connectivity index (χ3n) is 4.44. The second kappa shape index (κ2) is 12.6. The highest BCUT2D eigenvalue weighted by Gasteiger charge is 2.34. The molecule has 0 aromatic heterocycles. The predicted octanol–water partition coefficient (Wildman–Crippen LogP) is 0.216. The minimum atomic E-state index is -0.639. The first-order valence-corrected chi connectivity index (χ1v) is 9.29. The van der Waals surface area contributed by atoms with Crippen molar-refractivity contribution in [2.45, 2.75) is 37.8 Å². The van der Waals surface area contributed by atoms with Gasteiger partial charge in [-0.3, -0.25) is 14.6 Å². The number of carbonyl (C=O) groups is 3. The van der Waals surface area contributed by atoms with Crippen molar-refractivity contribution < 1.29 is 19.1 Å². The number of carbonyl (C=O) groups excluding carboxylic acids is 3. The lowest BCUT2D eigenvalue weighted by atomic mass is 10.1. The van der Waals surface area contributed by atoms with E-state index < -0.39 is 12.1 Å². The van der Waals surface area contributed by atoms with Gasteiger partial charge in [-0.05, 0) is 37.8 Å². The summed E-state index contributed by atoms with van der Waals surface area (Å²) in [6.45, 7) is 0.738. The number of amides is 2. The van der Waals surface area contributed by atoms with Gasteiger partial charge in [0.2, 0.25) is 5.91 Å². The van der Waals surface area contributed by atoms with Gasteiger partial charge in [0.15, 0.2) is 12.6 Å². The minimum Gasteiger partial charge on any atom is -0.484 e. The molecular weight excluding hydrogens is 398 g/mol. The van der Waals surface area contributed by atoms with Crippen LogP contribution in [0.15, 0.2) is 35.3 Å². The van der Waals surface area contributed by atoms with Crippen molar-refractivity contribution in [3.8, 4) is 5.75 Å². The Morgan fingerprint density at radius 1 is 1.31 bits per heavy atom. The van der Waals surface area contributed by atoms with E-state index in [1.54, 1.807) is 12.1 Å². The Balaban J connectivity index is 0.00000420. The summed E-state index contributed by atoms with van der Waals surface area (Å²) in [6, 6.07) is 7.79. The fourth-order valence-corrected chi connectivity index (χ4v) is 3.06. The van der Waals surface area contributed by atoms with E-state index in [1.165, 1.54) is 4.90 Å². The fraction of sp³-hybridized carbons (Fsp3) is 0.474. The average molecular weight is 426 g/mol. The fourth-order valence-electron chi connectivity index (χ4n) is 3.06. The number of likely N-dealkylation sites (tertiary alicyclic amines) is 1. The Hall–Kier alpha value is -2.81. The normalized spacial score (nSPS) is 16.3. The molecule has 1 aliphatic rings. The number of nitrogens with one attached hydrogen (secondary N) is 1. The lowest BCUT2D eigenvalue weighted by Crippen LogP contribution is -2.50. The Labute approximate surface area is 176 Å². The number of rotatable bonds is 10. The Bertz CT molecular complexity index is 697. The standard InChI is InChI=1S/C19H27N5O4.ClH/c20-19(21)22-10-4-6-14(12-25)23-18(27)16-9-5-11-24(16)17(26)13-28-15-7-2-1-3-8-15;/h1-3,7-8,12,14,16H,4-6,9-11,13H2,(H,23,27)(H4,20,21,22);1H/t14-,16-;/m0./s1. The number of hydrogen-bond donors (Lipinski definition) is 3. The summed E-state index contributed by atoms with van der Waals surface area (Å²) in [5.74, 6) is 0.00350. The van der Waals surface area contributed by atoms with Gasteiger partial charge in [0.25, 0.3) is 5.91 Å². The molecule has 10 heteroatoms. The highest BCUT2D eigenvalue weighted by atomic mass is 35.5. The molecule has 1 heterocycles. The third-order valence-corrected chi connectivity index (χ3v) is 4.44. The summed E-state index contributed by atoms with van der Waals surface area (Å²) in [5, 5.41) is 2.70. The molecule has 1 aliphatic heterocycles. The molecule has 1 saturated heterocycles. The highest BCUT2D eigenvalue weighted by Crippen LogP contribution is 2.18. The highest BCUT2D eigenvalue weighted by molar-refractivity contribution is 5.90. The van der Waals surface area contributed by atoms with Crippen molar-refractivity contribution in [3.63, 3.8) is 0 Å². The van der Waals surface area contributed by atoms with Crippen molar-refractivity contribution >= 4 is 36.5 Å². The maximum atomic E-state index is 12.6. The molecule has 0 bridgehead atoms. The van der Waals surface area contributed by atoms with Crippen LogP contribution in [0.2, 0.25) is 0 Å². The van der Waals surface area contributed by atoms with Crippen molar-refractivity contribution in [3.05, 3.63) is 30.3 Å². The molecule has 2 rings (SSSR count). The zero-order valence-corrected chi connectivity index (χ0v) is 17.0. The number of benzene rings is 1. The van der Waals surface area contributed by atoms with Crippen molar-refractivity contribution in [1.29, 1.82) is 0 Å². The van der Waals surface area contributed by atoms with Crippen LogP contribution < -0.4 is 21.5 Å². The number of hydrogen-bond acceptors (Lipinski definition) is 5. The molecule has 2 amide bonds. The van der Waals surface area contributed by atoms with Crippen LogP contribution in [0.25, 0.3) is 0 Å². The summed E-state index contributed by atoms with van der Waals surface area (Å²) < 4.78 is 5.48. The van der Waals surface area contributed by atoms with Crippen molar-refractivity contribution in [2.24, 2.45) is 16.5 Å². The zero-order chi connectivity index (χ0) is 20.4. The molecule has 0 spiro atoms. The Morgan fingerprint density at radius 3 is 2.69 bits per heavy atom. The SMILES string of the molecule is Cl.NC(N)=NCCC[C@@H](C=O)NC(=O)[C@@H]1CCCN1C(=O)COc1ccccc1. The first-order chi connectivity index (χ1) is 13.5. The molecule has 1 aromatic carbocycles. The van der Waals surface area contributed by atoms with Gasteiger partial charge in [-0.1, -0.05) is 18.2 Å². The quantitative estimate of drug-likeness (QED) is 0.212. The smallest absolute Gasteiger partial charge is 0.261 e. The monoisotopic (exact) mass is 425 g/mol. The van der Waals surface area contributed by atoms with Crippen LogP contribution in [0.1, 0.15) is 25.7 Å². The lowest BCUT2D eigenvalue weighted by molar-refractivity contribution is -0.140. The maximum Gasteiger partial charge on any atom is 0.261 e. The van der Waals surface area contributed by atoms with E-state index >= 15 is 0 Å². The molecule has 1 aromatic rings. The van der Waals surface area contributed by atoms with Gasteiger partial charge in [0, 0.05) is 13.1 Å². The van der Waals surface area contributed by atoms with Crippen LogP contribution >= 0.6 is 12.4 Å². The second-order valence-electron chi connectivity index (χ2n) is 6.55. The molecule has 1 fully saturated rings. The lowest BCUT2D eigenvalue weighted by Gasteiger charge is -2.25. The first-order valence-electron chi connectivity index (χ1n) is 9.29. The van der Waals surface area contributed by atoms with Crippen LogP contribution in [-0.4, -0.2) is 60.7 Å². The molecule has 0 unspecified atom stereocenters. The number of nitrogens with two attached hydrogens (primary N) is 2. The van der Waals surface area contributed by atoms with E-state index in [4.69, 9.17) is 16.2 Å². The number of para-hydroxylation sites is 1. The number of aliphatic imine (C=N–C) groups is 1. The van der Waals surface area contributed by atoms with E-state index in [0.29, 0.717) is 44.4 Å². The molecular formula is C19H28ClN5O4. The summed E-state index contributed by atoms with van der Waals surface area (Å²) >= 11 is 0. The van der Waals surface area contributed by atoms with Crippen molar-refractivity contribution in [2.75, 3.05) is 19.7 Å². The molecule has 0 radical (unpaired) electrons. The molecule has 0 aliphatic carbocycles. The zero-order valence-electron chi connectivity index (χ0n) is 16.2. The second-order valence-corrected chi connectivity index (χ2v) is 6.55. The number of ether oxygens (including phenoxy) is 1. The van der Waals surface area contributed by atoms with Crippen LogP contribution in [0, 0.1) is 0 Å². The Kier molecular flexibility index (Phi) is 10.5. The van der Waals surface area contributed by atoms with Crippen LogP contribution in [0.4, 0.5) is 0 Å². The number of nitrogens with zero attached hydrogens (tertiary/aromatic N) is 2. The molecule has 160 valence electrons. The topological polar surface area (TPSA) is 140 Å². The molecule has 5 N–H and O–H groups in total. The van der Waals surface area contributed by atoms with Gasteiger partial charge in [0.1, 0.15) is 18.1 Å². The van der Waals surface area contributed by atoms with E-state index in [9.17, 15) is 14.4 Å². The van der Waals surface area contributed by atoms with E-state index in [-0.39, 0.29) is 36.8 Å². The maximum absolute atomic E-state index is 12.6. The number of guanidine groups is 1. The summed E-state index contributed by atoms with van der Waals surface area (Å²) in [5.41, 5.74) is 10.5. The van der Waals surface area contributed by atoms with Gasteiger partial charge in [0.05, 0.1) is 6.04 Å². The van der Waals surface area contributed by atoms with Gasteiger partial charge < -0.3 is 31.2 Å². The van der Waals surface area contributed by atoms with E-state index in [1.807, 2.05) is 18.2 Å². The van der Waals surface area contributed by atoms with Crippen LogP contribution in [0.5, 0.6) is 5.75 Å². The largest absolute Gasteiger partial charge is 0.484 e. The summed E-state index contributed by atoms with van der Waals surface area (Å²) in [6.07, 6.45) is 2.95. The van der Waals surface area contributed by atoms with Gasteiger partial charge in [-0.25, -0.2) is 0 Å². The van der Waals surface area contributed by atoms with Gasteiger partial charge in [-0.15, -0.1) is 12.4 Å². The third kappa shape index (κ3) is 7.98. The van der Waals surface area contributed by atoms with Crippen molar-refractivity contribution in [1.82, 2.24) is 10.2 Å². The van der Waals surface area contributed by atoms with Crippen LogP contribution in [0.3, 0.4) is 0 Å². The van der Waals surface area contributed by atoms with Gasteiger partial charge in [-0.2, -0.15) is 0 Å². The first kappa shape index (κ1) is 24.2. The molecule has 29 heavy (non-hydrogen) atoms. The van der Waals surface area contributed by atoms with E-state index in [0.717, 1.165) is 6.42 Å². The predicted molar refractivity (Wildman–Crippen MR) is 112 cm³/mol. The Morgan fingerprint density at radius 2 is 2.03 bits per heavy atom. The molecule has 0 saturated carbocycles. The van der Waals surface area contributed by atoms with Crippen LogP contribution in [-0.2, 0) is 14.4 Å². The summed E-state index contributed by atoms with van der Waals surface area (Å²) in [7, 11) is 0. The van der Waals surface area contributed by atoms with Gasteiger partial charge >= 0.3 is 0 Å². The summed E-state index contributed by atoms with van der Waals surface area (Å²) in [4.78, 5) is 41.7. The average Bonchev–Trinajstić information content (AvgIpc) is 3.19. The molecule has 2 atom stereocenters.